The predicted molar refractivity (Wildman–Crippen MR) is 69.3 cm³/mol. The zero-order valence-electron chi connectivity index (χ0n) is 10.5. The average molecular weight is 260 g/mol. The molecule has 0 saturated carbocycles. The first-order valence-electron chi connectivity index (χ1n) is 6.24. The Hall–Kier alpha value is -1.90. The summed E-state index contributed by atoms with van der Waals surface area (Å²) in [6.07, 6.45) is 3.25. The van der Waals surface area contributed by atoms with E-state index in [4.69, 9.17) is 5.11 Å². The second-order valence-corrected chi connectivity index (χ2v) is 4.34. The maximum absolute atomic E-state index is 12.4. The van der Waals surface area contributed by atoms with Gasteiger partial charge in [0.1, 0.15) is 12.3 Å². The van der Waals surface area contributed by atoms with Gasteiger partial charge in [0.2, 0.25) is 0 Å². The molecule has 1 aromatic heterocycles. The number of aromatic nitrogens is 1. The van der Waals surface area contributed by atoms with Crippen molar-refractivity contribution in [3.05, 3.63) is 29.6 Å². The summed E-state index contributed by atoms with van der Waals surface area (Å²) in [4.78, 5) is 18.2. The molecule has 1 saturated heterocycles. The monoisotopic (exact) mass is 260 g/mol. The maximum atomic E-state index is 12.4. The molecule has 1 fully saturated rings. The van der Waals surface area contributed by atoms with E-state index in [0.717, 1.165) is 12.8 Å². The summed E-state index contributed by atoms with van der Waals surface area (Å²) in [6, 6.07) is 3.27. The third-order valence-electron chi connectivity index (χ3n) is 3.16. The van der Waals surface area contributed by atoms with E-state index in [-0.39, 0.29) is 30.9 Å². The molecule has 0 spiro atoms. The number of rotatable bonds is 2. The number of amides is 1. The minimum Gasteiger partial charge on any atom is -0.394 e. The number of carbonyl (C=O) groups excluding carboxylic acids is 1. The number of nitrogens with zero attached hydrogens (tertiary/aromatic N) is 2. The van der Waals surface area contributed by atoms with E-state index in [0.29, 0.717) is 12.1 Å². The number of hydrogen-bond donors (Lipinski definition) is 2. The minimum atomic E-state index is -0.258. The van der Waals surface area contributed by atoms with Gasteiger partial charge in [-0.25, -0.2) is 4.98 Å². The normalized spacial score (nSPS) is 18.0. The number of aliphatic hydroxyl groups excluding tert-OH is 2. The van der Waals surface area contributed by atoms with E-state index in [2.05, 4.69) is 16.8 Å². The Kier molecular flexibility index (Phi) is 4.50. The smallest absolute Gasteiger partial charge is 0.274 e. The van der Waals surface area contributed by atoms with Crippen molar-refractivity contribution in [3.8, 4) is 11.8 Å². The molecule has 5 heteroatoms. The van der Waals surface area contributed by atoms with E-state index >= 15 is 0 Å². The number of likely N-dealkylation sites (tertiary alicyclic amines) is 1. The fourth-order valence-corrected chi connectivity index (χ4v) is 2.24. The summed E-state index contributed by atoms with van der Waals surface area (Å²) in [5.74, 6) is 5.04. The molecule has 0 radical (unpaired) electrons. The van der Waals surface area contributed by atoms with Crippen molar-refractivity contribution in [1.29, 1.82) is 0 Å². The largest absolute Gasteiger partial charge is 0.394 e. The highest BCUT2D eigenvalue weighted by Gasteiger charge is 2.30. The van der Waals surface area contributed by atoms with E-state index < -0.39 is 0 Å². The molecule has 1 aromatic rings. The van der Waals surface area contributed by atoms with Crippen LogP contribution in [0, 0.1) is 11.8 Å². The Morgan fingerprint density at radius 1 is 1.53 bits per heavy atom. The molecule has 5 nitrogen and oxygen atoms in total. The van der Waals surface area contributed by atoms with Crippen LogP contribution >= 0.6 is 0 Å². The van der Waals surface area contributed by atoms with Gasteiger partial charge in [-0.15, -0.1) is 0 Å². The molecule has 1 aliphatic heterocycles. The first-order chi connectivity index (χ1) is 9.27. The van der Waals surface area contributed by atoms with Crippen LogP contribution < -0.4 is 0 Å². The van der Waals surface area contributed by atoms with Crippen LogP contribution in [0.2, 0.25) is 0 Å². The summed E-state index contributed by atoms with van der Waals surface area (Å²) >= 11 is 0. The number of hydrogen-bond acceptors (Lipinski definition) is 4. The zero-order chi connectivity index (χ0) is 13.7. The molecular formula is C14H16N2O3. The lowest BCUT2D eigenvalue weighted by atomic mass is 10.1. The van der Waals surface area contributed by atoms with Gasteiger partial charge >= 0.3 is 0 Å². The first kappa shape index (κ1) is 13.5. The quantitative estimate of drug-likeness (QED) is 0.735. The molecular weight excluding hydrogens is 244 g/mol. The van der Waals surface area contributed by atoms with Crippen LogP contribution in [-0.2, 0) is 0 Å². The average Bonchev–Trinajstić information content (AvgIpc) is 2.93. The molecule has 19 heavy (non-hydrogen) atoms. The fraction of sp³-hybridized carbons (Fsp3) is 0.429. The van der Waals surface area contributed by atoms with Crippen molar-refractivity contribution >= 4 is 5.91 Å². The van der Waals surface area contributed by atoms with Gasteiger partial charge in [-0.1, -0.05) is 11.8 Å². The highest BCUT2D eigenvalue weighted by atomic mass is 16.3. The molecule has 2 heterocycles. The molecule has 0 aliphatic carbocycles. The molecule has 2 N–H and O–H groups in total. The van der Waals surface area contributed by atoms with Crippen molar-refractivity contribution in [3.63, 3.8) is 0 Å². The predicted octanol–water partition coefficient (Wildman–Crippen LogP) is 0.0223. The Morgan fingerprint density at radius 2 is 2.37 bits per heavy atom. The van der Waals surface area contributed by atoms with E-state index in [1.54, 1.807) is 23.2 Å². The highest BCUT2D eigenvalue weighted by molar-refractivity contribution is 5.95. The second-order valence-electron chi connectivity index (χ2n) is 4.34. The summed E-state index contributed by atoms with van der Waals surface area (Å²) in [5, 5.41) is 18.0. The lowest BCUT2D eigenvalue weighted by Gasteiger charge is -2.22. The van der Waals surface area contributed by atoms with Crippen molar-refractivity contribution in [1.82, 2.24) is 9.88 Å². The molecule has 1 unspecified atom stereocenters. The molecule has 1 aliphatic rings. The minimum absolute atomic E-state index is 0.0315. The third kappa shape index (κ3) is 2.92. The van der Waals surface area contributed by atoms with Crippen molar-refractivity contribution in [2.45, 2.75) is 18.9 Å². The number of pyridine rings is 1. The topological polar surface area (TPSA) is 73.7 Å². The van der Waals surface area contributed by atoms with E-state index in [1.807, 2.05) is 0 Å². The molecule has 0 aromatic carbocycles. The molecule has 0 bridgehead atoms. The van der Waals surface area contributed by atoms with Crippen LogP contribution in [-0.4, -0.2) is 51.8 Å². The number of aliphatic hydroxyl groups is 2. The Labute approximate surface area is 111 Å². The summed E-state index contributed by atoms with van der Waals surface area (Å²) < 4.78 is 0. The summed E-state index contributed by atoms with van der Waals surface area (Å²) in [7, 11) is 0. The Bertz CT molecular complexity index is 519. The van der Waals surface area contributed by atoms with Gasteiger partial charge in [-0.05, 0) is 25.0 Å². The zero-order valence-corrected chi connectivity index (χ0v) is 10.5. The summed E-state index contributed by atoms with van der Waals surface area (Å²) in [5.41, 5.74) is 0.786. The first-order valence-corrected chi connectivity index (χ1v) is 6.24. The lowest BCUT2D eigenvalue weighted by molar-refractivity contribution is 0.0671. The van der Waals surface area contributed by atoms with Gasteiger partial charge < -0.3 is 15.1 Å². The van der Waals surface area contributed by atoms with Crippen molar-refractivity contribution < 1.29 is 15.0 Å². The van der Waals surface area contributed by atoms with E-state index in [9.17, 15) is 9.90 Å². The van der Waals surface area contributed by atoms with Gasteiger partial charge in [-0.3, -0.25) is 4.79 Å². The van der Waals surface area contributed by atoms with Crippen molar-refractivity contribution in [2.75, 3.05) is 19.8 Å². The van der Waals surface area contributed by atoms with Gasteiger partial charge in [0.15, 0.2) is 0 Å². The lowest BCUT2D eigenvalue weighted by Crippen LogP contribution is -2.38. The summed E-state index contributed by atoms with van der Waals surface area (Å²) in [6.45, 7) is 0.342. The second kappa shape index (κ2) is 6.32. The van der Waals surface area contributed by atoms with E-state index in [1.165, 1.54) is 0 Å². The Morgan fingerprint density at radius 3 is 3.11 bits per heavy atom. The maximum Gasteiger partial charge on any atom is 0.274 e. The van der Waals surface area contributed by atoms with Crippen LogP contribution in [0.25, 0.3) is 0 Å². The van der Waals surface area contributed by atoms with Crippen LogP contribution in [0.15, 0.2) is 18.3 Å². The van der Waals surface area contributed by atoms with Gasteiger partial charge in [-0.2, -0.15) is 0 Å². The Balaban J connectivity index is 2.28. The molecule has 1 amide bonds. The number of carbonyl (C=O) groups is 1. The standard InChI is InChI=1S/C14H16N2O3/c17-9-3-5-11-4-1-7-15-13(11)14(19)16-8-2-6-12(16)10-18/h1,4,7,12,17-18H,2,6,8-10H2. The van der Waals surface area contributed by atoms with Crippen LogP contribution in [0.1, 0.15) is 28.9 Å². The molecule has 2 rings (SSSR count). The highest BCUT2D eigenvalue weighted by Crippen LogP contribution is 2.20. The van der Waals surface area contributed by atoms with Gasteiger partial charge in [0, 0.05) is 12.7 Å². The van der Waals surface area contributed by atoms with Crippen LogP contribution in [0.3, 0.4) is 0 Å². The molecule has 100 valence electrons. The fourth-order valence-electron chi connectivity index (χ4n) is 2.24. The van der Waals surface area contributed by atoms with Gasteiger partial charge in [0.05, 0.1) is 18.2 Å². The van der Waals surface area contributed by atoms with Crippen LogP contribution in [0.5, 0.6) is 0 Å². The third-order valence-corrected chi connectivity index (χ3v) is 3.16. The van der Waals surface area contributed by atoms with Gasteiger partial charge in [0.25, 0.3) is 5.91 Å². The molecule has 1 atom stereocenters. The van der Waals surface area contributed by atoms with Crippen LogP contribution in [0.4, 0.5) is 0 Å². The SMILES string of the molecule is O=C(c1ncccc1C#CCO)N1CCCC1CO. The van der Waals surface area contributed by atoms with Crippen molar-refractivity contribution in [2.24, 2.45) is 0 Å².